The van der Waals surface area contributed by atoms with Gasteiger partial charge in [0.05, 0.1) is 6.04 Å². The number of carbonyl (C=O) groups is 2. The molecule has 1 amide bonds. The van der Waals surface area contributed by atoms with Crippen molar-refractivity contribution in [1.82, 2.24) is 10.6 Å². The summed E-state index contributed by atoms with van der Waals surface area (Å²) in [5.41, 5.74) is -0.274. The minimum atomic E-state index is -0.931. The van der Waals surface area contributed by atoms with Gasteiger partial charge in [0.15, 0.2) is 0 Å². The number of carbonyl (C=O) groups excluding carboxylic acids is 1. The Bertz CT molecular complexity index is 301. The maximum Gasteiger partial charge on any atom is 0.320 e. The molecule has 0 spiro atoms. The van der Waals surface area contributed by atoms with E-state index in [1.165, 1.54) is 0 Å². The first-order chi connectivity index (χ1) is 8.10. The highest BCUT2D eigenvalue weighted by atomic mass is 16.4. The molecule has 0 aromatic rings. The molecular weight excluding hydrogens is 232 g/mol. The van der Waals surface area contributed by atoms with Gasteiger partial charge in [0.2, 0.25) is 5.91 Å². The maximum absolute atomic E-state index is 11.9. The Hall–Kier alpha value is -1.10. The molecule has 0 saturated heterocycles. The molecule has 5 nitrogen and oxygen atoms in total. The van der Waals surface area contributed by atoms with E-state index in [9.17, 15) is 9.59 Å². The fraction of sp³-hybridized carbons (Fsp3) is 0.846. The predicted molar refractivity (Wildman–Crippen MR) is 71.4 cm³/mol. The van der Waals surface area contributed by atoms with Crippen LogP contribution < -0.4 is 10.6 Å². The van der Waals surface area contributed by atoms with Crippen LogP contribution in [0.25, 0.3) is 0 Å². The number of aliphatic carboxylic acids is 1. The first-order valence-electron chi connectivity index (χ1n) is 6.41. The van der Waals surface area contributed by atoms with Crippen LogP contribution >= 0.6 is 0 Å². The molecule has 3 N–H and O–H groups in total. The van der Waals surface area contributed by atoms with Crippen molar-refractivity contribution in [3.63, 3.8) is 0 Å². The summed E-state index contributed by atoms with van der Waals surface area (Å²) in [6.45, 7) is 11.2. The lowest BCUT2D eigenvalue weighted by molar-refractivity contribution is -0.141. The van der Waals surface area contributed by atoms with Gasteiger partial charge in [-0.05, 0) is 33.1 Å². The Morgan fingerprint density at radius 3 is 2.06 bits per heavy atom. The Morgan fingerprint density at radius 1 is 1.22 bits per heavy atom. The van der Waals surface area contributed by atoms with Crippen molar-refractivity contribution in [3.05, 3.63) is 0 Å². The van der Waals surface area contributed by atoms with Crippen molar-refractivity contribution in [2.75, 3.05) is 0 Å². The molecule has 0 radical (unpaired) electrons. The molecule has 18 heavy (non-hydrogen) atoms. The van der Waals surface area contributed by atoms with Crippen LogP contribution in [0.15, 0.2) is 0 Å². The van der Waals surface area contributed by atoms with Crippen LogP contribution in [0.5, 0.6) is 0 Å². The third-order valence-corrected chi connectivity index (χ3v) is 3.10. The highest BCUT2D eigenvalue weighted by Crippen LogP contribution is 2.08. The molecule has 5 heteroatoms. The van der Waals surface area contributed by atoms with Crippen LogP contribution in [0, 0.1) is 5.92 Å². The number of amides is 1. The molecule has 0 bridgehead atoms. The number of hydrogen-bond donors (Lipinski definition) is 3. The monoisotopic (exact) mass is 258 g/mol. The second-order valence-corrected chi connectivity index (χ2v) is 5.67. The van der Waals surface area contributed by atoms with Crippen LogP contribution in [0.3, 0.4) is 0 Å². The minimum Gasteiger partial charge on any atom is -0.480 e. The summed E-state index contributed by atoms with van der Waals surface area (Å²) in [6, 6.07) is -1.24. The van der Waals surface area contributed by atoms with Gasteiger partial charge in [0.1, 0.15) is 6.04 Å². The van der Waals surface area contributed by atoms with E-state index in [2.05, 4.69) is 10.6 Å². The summed E-state index contributed by atoms with van der Waals surface area (Å²) >= 11 is 0. The molecule has 0 saturated carbocycles. The zero-order chi connectivity index (χ0) is 14.5. The number of hydrogen-bond acceptors (Lipinski definition) is 3. The molecule has 2 unspecified atom stereocenters. The van der Waals surface area contributed by atoms with Gasteiger partial charge in [-0.3, -0.25) is 14.9 Å². The maximum atomic E-state index is 11.9. The van der Waals surface area contributed by atoms with E-state index < -0.39 is 18.1 Å². The van der Waals surface area contributed by atoms with E-state index in [-0.39, 0.29) is 17.4 Å². The highest BCUT2D eigenvalue weighted by Gasteiger charge is 2.27. The second kappa shape index (κ2) is 6.73. The predicted octanol–water partition coefficient (Wildman–Crippen LogP) is 1.38. The van der Waals surface area contributed by atoms with E-state index in [1.807, 2.05) is 34.6 Å². The minimum absolute atomic E-state index is 0.0723. The number of carboxylic acids is 1. The molecule has 0 aromatic carbocycles. The molecule has 106 valence electrons. The van der Waals surface area contributed by atoms with Crippen molar-refractivity contribution in [2.24, 2.45) is 5.92 Å². The van der Waals surface area contributed by atoms with E-state index in [4.69, 9.17) is 5.11 Å². The molecule has 0 aliphatic heterocycles. The number of carboxylic acid groups (broad SMARTS) is 1. The Labute approximate surface area is 109 Å². The van der Waals surface area contributed by atoms with Crippen molar-refractivity contribution in [1.29, 1.82) is 0 Å². The fourth-order valence-electron chi connectivity index (χ4n) is 1.42. The van der Waals surface area contributed by atoms with Gasteiger partial charge < -0.3 is 10.4 Å². The van der Waals surface area contributed by atoms with E-state index in [0.29, 0.717) is 0 Å². The van der Waals surface area contributed by atoms with Gasteiger partial charge in [-0.1, -0.05) is 20.8 Å². The highest BCUT2D eigenvalue weighted by molar-refractivity contribution is 5.83. The van der Waals surface area contributed by atoms with Gasteiger partial charge >= 0.3 is 5.97 Å². The van der Waals surface area contributed by atoms with E-state index in [1.54, 1.807) is 6.92 Å². The van der Waals surface area contributed by atoms with Crippen LogP contribution in [0.1, 0.15) is 48.0 Å². The van der Waals surface area contributed by atoms with Crippen LogP contribution in [-0.4, -0.2) is 34.6 Å². The average Bonchev–Trinajstić information content (AvgIpc) is 2.23. The molecule has 0 fully saturated rings. The molecule has 0 aliphatic rings. The standard InChI is InChI=1S/C13H26N2O3/c1-7-13(5,6)15-11(16)9(4)14-10(8(2)3)12(17)18/h8-10,14H,7H2,1-6H3,(H,15,16)(H,17,18). The van der Waals surface area contributed by atoms with Crippen molar-refractivity contribution in [2.45, 2.75) is 65.6 Å². The van der Waals surface area contributed by atoms with Crippen molar-refractivity contribution >= 4 is 11.9 Å². The normalized spacial score (nSPS) is 15.3. The summed E-state index contributed by atoms with van der Waals surface area (Å²) < 4.78 is 0. The lowest BCUT2D eigenvalue weighted by atomic mass is 10.0. The molecule has 0 rings (SSSR count). The van der Waals surface area contributed by atoms with Crippen LogP contribution in [0.2, 0.25) is 0 Å². The summed E-state index contributed by atoms with van der Waals surface area (Å²) in [5.74, 6) is -1.18. The largest absolute Gasteiger partial charge is 0.480 e. The summed E-state index contributed by atoms with van der Waals surface area (Å²) in [6.07, 6.45) is 0.817. The summed E-state index contributed by atoms with van der Waals surface area (Å²) in [5, 5.41) is 14.8. The van der Waals surface area contributed by atoms with Crippen LogP contribution in [-0.2, 0) is 9.59 Å². The summed E-state index contributed by atoms with van der Waals surface area (Å²) in [4.78, 5) is 23.0. The SMILES string of the molecule is CCC(C)(C)NC(=O)C(C)NC(C(=O)O)C(C)C. The Kier molecular flexibility index (Phi) is 6.32. The fourth-order valence-corrected chi connectivity index (χ4v) is 1.42. The number of nitrogens with one attached hydrogen (secondary N) is 2. The molecule has 0 aliphatic carbocycles. The van der Waals surface area contributed by atoms with Gasteiger partial charge in [0.25, 0.3) is 0 Å². The second-order valence-electron chi connectivity index (χ2n) is 5.67. The van der Waals surface area contributed by atoms with Crippen LogP contribution in [0.4, 0.5) is 0 Å². The van der Waals surface area contributed by atoms with Gasteiger partial charge in [-0.15, -0.1) is 0 Å². The molecule has 2 atom stereocenters. The van der Waals surface area contributed by atoms with Crippen molar-refractivity contribution in [3.8, 4) is 0 Å². The third kappa shape index (κ3) is 5.49. The van der Waals surface area contributed by atoms with Gasteiger partial charge in [-0.25, -0.2) is 0 Å². The summed E-state index contributed by atoms with van der Waals surface area (Å²) in [7, 11) is 0. The Morgan fingerprint density at radius 2 is 1.72 bits per heavy atom. The van der Waals surface area contributed by atoms with E-state index in [0.717, 1.165) is 6.42 Å². The molecule has 0 aromatic heterocycles. The lowest BCUT2D eigenvalue weighted by Gasteiger charge is -2.28. The number of rotatable bonds is 7. The molecular formula is C13H26N2O3. The topological polar surface area (TPSA) is 78.4 Å². The third-order valence-electron chi connectivity index (χ3n) is 3.10. The van der Waals surface area contributed by atoms with Gasteiger partial charge in [-0.2, -0.15) is 0 Å². The van der Waals surface area contributed by atoms with Crippen molar-refractivity contribution < 1.29 is 14.7 Å². The smallest absolute Gasteiger partial charge is 0.320 e. The first-order valence-corrected chi connectivity index (χ1v) is 6.41. The average molecular weight is 258 g/mol. The zero-order valence-corrected chi connectivity index (χ0v) is 12.2. The molecule has 0 heterocycles. The van der Waals surface area contributed by atoms with E-state index >= 15 is 0 Å². The zero-order valence-electron chi connectivity index (χ0n) is 12.2. The quantitative estimate of drug-likeness (QED) is 0.644. The first kappa shape index (κ1) is 16.9. The Balaban J connectivity index is 4.52. The van der Waals surface area contributed by atoms with Gasteiger partial charge in [0, 0.05) is 5.54 Å². The lowest BCUT2D eigenvalue weighted by Crippen LogP contribution is -2.55.